The van der Waals surface area contributed by atoms with Crippen LogP contribution in [0.4, 0.5) is 0 Å². The van der Waals surface area contributed by atoms with E-state index in [0.717, 1.165) is 12.2 Å². The number of ether oxygens (including phenoxy) is 1. The SMILES string of the molecule is COc1ccc(C2CC=NN2C=Cc2ccccc2)cc1. The van der Waals surface area contributed by atoms with E-state index in [1.807, 2.05) is 47.8 Å². The van der Waals surface area contributed by atoms with Crippen LogP contribution >= 0.6 is 0 Å². The van der Waals surface area contributed by atoms with Crippen molar-refractivity contribution < 1.29 is 4.74 Å². The molecule has 0 saturated carbocycles. The van der Waals surface area contributed by atoms with Gasteiger partial charge in [-0.05, 0) is 29.3 Å². The number of hydrogen-bond acceptors (Lipinski definition) is 3. The number of methoxy groups -OCH3 is 1. The molecular formula is C18H18N2O. The Hall–Kier alpha value is -2.55. The second-order valence-electron chi connectivity index (χ2n) is 4.93. The van der Waals surface area contributed by atoms with Gasteiger partial charge in [-0.1, -0.05) is 42.5 Å². The van der Waals surface area contributed by atoms with Gasteiger partial charge < -0.3 is 4.74 Å². The molecule has 1 heterocycles. The number of benzene rings is 2. The highest BCUT2D eigenvalue weighted by molar-refractivity contribution is 5.61. The molecule has 1 aliphatic rings. The fourth-order valence-corrected chi connectivity index (χ4v) is 2.41. The summed E-state index contributed by atoms with van der Waals surface area (Å²) in [5.41, 5.74) is 2.42. The van der Waals surface area contributed by atoms with Gasteiger partial charge in [-0.15, -0.1) is 0 Å². The first-order chi connectivity index (χ1) is 10.4. The fourth-order valence-electron chi connectivity index (χ4n) is 2.41. The minimum atomic E-state index is 0.260. The molecule has 3 nitrogen and oxygen atoms in total. The van der Waals surface area contributed by atoms with E-state index in [1.54, 1.807) is 7.11 Å². The lowest BCUT2D eigenvalue weighted by Gasteiger charge is -2.20. The van der Waals surface area contributed by atoms with Crippen molar-refractivity contribution in [2.45, 2.75) is 12.5 Å². The predicted octanol–water partition coefficient (Wildman–Crippen LogP) is 4.10. The zero-order chi connectivity index (χ0) is 14.5. The van der Waals surface area contributed by atoms with Gasteiger partial charge in [0.15, 0.2) is 0 Å². The number of hydrazone groups is 1. The van der Waals surface area contributed by atoms with Crippen LogP contribution in [0.1, 0.15) is 23.6 Å². The van der Waals surface area contributed by atoms with E-state index in [9.17, 15) is 0 Å². The maximum Gasteiger partial charge on any atom is 0.118 e. The molecule has 1 unspecified atom stereocenters. The lowest BCUT2D eigenvalue weighted by Crippen LogP contribution is -2.12. The van der Waals surface area contributed by atoms with Crippen molar-refractivity contribution in [2.75, 3.05) is 7.11 Å². The van der Waals surface area contributed by atoms with Gasteiger partial charge in [0.05, 0.1) is 13.2 Å². The summed E-state index contributed by atoms with van der Waals surface area (Å²) in [5, 5.41) is 6.45. The van der Waals surface area contributed by atoms with E-state index < -0.39 is 0 Å². The molecule has 1 atom stereocenters. The van der Waals surface area contributed by atoms with Crippen molar-refractivity contribution in [1.29, 1.82) is 0 Å². The molecule has 3 heteroatoms. The molecule has 2 aromatic carbocycles. The molecule has 0 N–H and O–H groups in total. The van der Waals surface area contributed by atoms with E-state index in [1.165, 1.54) is 11.1 Å². The first-order valence-corrected chi connectivity index (χ1v) is 7.05. The van der Waals surface area contributed by atoms with Gasteiger partial charge in [0.1, 0.15) is 5.75 Å². The highest BCUT2D eigenvalue weighted by Crippen LogP contribution is 2.29. The van der Waals surface area contributed by atoms with E-state index in [0.29, 0.717) is 0 Å². The van der Waals surface area contributed by atoms with Crippen molar-refractivity contribution in [3.8, 4) is 5.75 Å². The molecule has 0 fully saturated rings. The van der Waals surface area contributed by atoms with Crippen LogP contribution in [-0.2, 0) is 0 Å². The van der Waals surface area contributed by atoms with Gasteiger partial charge in [0.2, 0.25) is 0 Å². The third kappa shape index (κ3) is 3.14. The lowest BCUT2D eigenvalue weighted by atomic mass is 10.0. The molecule has 0 aromatic heterocycles. The van der Waals surface area contributed by atoms with Crippen molar-refractivity contribution in [1.82, 2.24) is 5.01 Å². The summed E-state index contributed by atoms with van der Waals surface area (Å²) in [7, 11) is 1.68. The van der Waals surface area contributed by atoms with E-state index >= 15 is 0 Å². The number of hydrogen-bond donors (Lipinski definition) is 0. The Morgan fingerprint density at radius 1 is 1.10 bits per heavy atom. The molecule has 21 heavy (non-hydrogen) atoms. The Bertz CT molecular complexity index is 632. The standard InChI is InChI=1S/C18H18N2O/c1-21-17-9-7-16(8-10-17)18-11-13-19-20(18)14-12-15-5-3-2-4-6-15/h2-10,12-14,18H,11H2,1H3. The normalized spacial score (nSPS) is 17.6. The molecule has 106 valence electrons. The minimum absolute atomic E-state index is 0.260. The van der Waals surface area contributed by atoms with E-state index in [2.05, 4.69) is 35.4 Å². The van der Waals surface area contributed by atoms with Crippen molar-refractivity contribution in [3.63, 3.8) is 0 Å². The third-order valence-electron chi connectivity index (χ3n) is 3.58. The van der Waals surface area contributed by atoms with Crippen molar-refractivity contribution in [2.24, 2.45) is 5.10 Å². The van der Waals surface area contributed by atoms with Gasteiger partial charge in [-0.25, -0.2) is 0 Å². The average molecular weight is 278 g/mol. The monoisotopic (exact) mass is 278 g/mol. The van der Waals surface area contributed by atoms with Crippen LogP contribution in [0.2, 0.25) is 0 Å². The van der Waals surface area contributed by atoms with E-state index in [-0.39, 0.29) is 6.04 Å². The van der Waals surface area contributed by atoms with Crippen LogP contribution in [-0.4, -0.2) is 18.3 Å². The summed E-state index contributed by atoms with van der Waals surface area (Å²) in [6.07, 6.45) is 7.00. The van der Waals surface area contributed by atoms with Crippen LogP contribution < -0.4 is 4.74 Å². The lowest BCUT2D eigenvalue weighted by molar-refractivity contribution is 0.330. The Morgan fingerprint density at radius 3 is 2.57 bits per heavy atom. The Balaban J connectivity index is 1.75. The van der Waals surface area contributed by atoms with Crippen LogP contribution in [0, 0.1) is 0 Å². The summed E-state index contributed by atoms with van der Waals surface area (Å²) in [6.45, 7) is 0. The molecule has 0 radical (unpaired) electrons. The van der Waals surface area contributed by atoms with Crippen LogP contribution in [0.25, 0.3) is 6.08 Å². The zero-order valence-electron chi connectivity index (χ0n) is 12.0. The summed E-state index contributed by atoms with van der Waals surface area (Å²) < 4.78 is 5.21. The maximum absolute atomic E-state index is 5.21. The molecule has 0 aliphatic carbocycles. The van der Waals surface area contributed by atoms with Gasteiger partial charge in [0.25, 0.3) is 0 Å². The van der Waals surface area contributed by atoms with Crippen LogP contribution in [0.3, 0.4) is 0 Å². The molecule has 0 saturated heterocycles. The molecule has 3 rings (SSSR count). The smallest absolute Gasteiger partial charge is 0.118 e. The first kappa shape index (κ1) is 13.4. The van der Waals surface area contributed by atoms with Crippen molar-refractivity contribution >= 4 is 12.3 Å². The molecule has 0 bridgehead atoms. The molecular weight excluding hydrogens is 260 g/mol. The van der Waals surface area contributed by atoms with Gasteiger partial charge in [0, 0.05) is 18.8 Å². The molecule has 2 aromatic rings. The highest BCUT2D eigenvalue weighted by Gasteiger charge is 2.20. The van der Waals surface area contributed by atoms with Crippen molar-refractivity contribution in [3.05, 3.63) is 71.9 Å². The van der Waals surface area contributed by atoms with Crippen LogP contribution in [0.5, 0.6) is 5.75 Å². The Morgan fingerprint density at radius 2 is 1.86 bits per heavy atom. The second-order valence-corrected chi connectivity index (χ2v) is 4.93. The van der Waals surface area contributed by atoms with E-state index in [4.69, 9.17) is 4.74 Å². The predicted molar refractivity (Wildman–Crippen MR) is 86.2 cm³/mol. The Kier molecular flexibility index (Phi) is 4.01. The van der Waals surface area contributed by atoms with Gasteiger partial charge in [-0.2, -0.15) is 5.10 Å². The minimum Gasteiger partial charge on any atom is -0.497 e. The average Bonchev–Trinajstić information content (AvgIpc) is 3.02. The van der Waals surface area contributed by atoms with Gasteiger partial charge >= 0.3 is 0 Å². The second kappa shape index (κ2) is 6.27. The number of rotatable bonds is 4. The molecule has 0 amide bonds. The summed E-state index contributed by atoms with van der Waals surface area (Å²) in [5.74, 6) is 0.879. The maximum atomic E-state index is 5.21. The summed E-state index contributed by atoms with van der Waals surface area (Å²) in [6, 6.07) is 18.7. The van der Waals surface area contributed by atoms with Crippen LogP contribution in [0.15, 0.2) is 65.9 Å². The third-order valence-corrected chi connectivity index (χ3v) is 3.58. The first-order valence-electron chi connectivity index (χ1n) is 7.05. The summed E-state index contributed by atoms with van der Waals surface area (Å²) in [4.78, 5) is 0. The highest BCUT2D eigenvalue weighted by atomic mass is 16.5. The zero-order valence-corrected chi connectivity index (χ0v) is 12.0. The number of nitrogens with zero attached hydrogens (tertiary/aromatic N) is 2. The molecule has 0 spiro atoms. The fraction of sp³-hybridized carbons (Fsp3) is 0.167. The quantitative estimate of drug-likeness (QED) is 0.841. The van der Waals surface area contributed by atoms with Gasteiger partial charge in [-0.3, -0.25) is 5.01 Å². The summed E-state index contributed by atoms with van der Waals surface area (Å²) >= 11 is 0. The topological polar surface area (TPSA) is 24.8 Å². The molecule has 1 aliphatic heterocycles. The largest absolute Gasteiger partial charge is 0.497 e. The Labute approximate surface area is 125 Å².